The van der Waals surface area contributed by atoms with Crippen LogP contribution >= 0.6 is 11.6 Å². The summed E-state index contributed by atoms with van der Waals surface area (Å²) < 4.78 is 31.9. The summed E-state index contributed by atoms with van der Waals surface area (Å²) in [6, 6.07) is 8.52. The number of non-ortho nitro benzene ring substituents is 1. The Morgan fingerprint density at radius 3 is 2.29 bits per heavy atom. The number of amides is 1. The van der Waals surface area contributed by atoms with Crippen LogP contribution in [0.15, 0.2) is 47.4 Å². The maximum Gasteiger partial charge on any atom is 0.338 e. The van der Waals surface area contributed by atoms with E-state index in [0.717, 1.165) is 6.07 Å². The second kappa shape index (κ2) is 9.41. The maximum absolute atomic E-state index is 12.3. The number of nitro groups is 1. The fraction of sp³-hybridized carbons (Fsp3) is 0.263. The van der Waals surface area contributed by atoms with Gasteiger partial charge in [0.05, 0.1) is 26.1 Å². The SMILES string of the molecule is CC(C)(C)NS(=O)(=O)c1ccc(C(=O)OCC(=O)Nc2cc([N+](=O)[O-])ccc2Cl)cc1. The molecule has 0 unspecified atom stereocenters. The van der Waals surface area contributed by atoms with Crippen molar-refractivity contribution >= 4 is 44.9 Å². The Kier molecular flexibility index (Phi) is 7.37. The Labute approximate surface area is 183 Å². The number of halogens is 1. The summed E-state index contributed by atoms with van der Waals surface area (Å²) in [6.07, 6.45) is 0. The zero-order chi connectivity index (χ0) is 23.4. The Morgan fingerprint density at radius 1 is 1.13 bits per heavy atom. The highest BCUT2D eigenvalue weighted by Gasteiger charge is 2.22. The smallest absolute Gasteiger partial charge is 0.338 e. The molecule has 2 aromatic carbocycles. The van der Waals surface area contributed by atoms with Crippen LogP contribution in [0.1, 0.15) is 31.1 Å². The summed E-state index contributed by atoms with van der Waals surface area (Å²) in [6.45, 7) is 4.41. The molecule has 0 fully saturated rings. The van der Waals surface area contributed by atoms with Gasteiger partial charge in [0.1, 0.15) is 0 Å². The fourth-order valence-corrected chi connectivity index (χ4v) is 3.94. The molecule has 0 aliphatic carbocycles. The first-order valence-electron chi connectivity index (χ1n) is 8.83. The molecule has 0 radical (unpaired) electrons. The molecule has 31 heavy (non-hydrogen) atoms. The fourth-order valence-electron chi connectivity index (χ4n) is 2.36. The number of nitrogens with one attached hydrogen (secondary N) is 2. The Bertz CT molecular complexity index is 1110. The average molecular weight is 470 g/mol. The molecule has 0 saturated carbocycles. The van der Waals surface area contributed by atoms with Gasteiger partial charge in [0.25, 0.3) is 11.6 Å². The lowest BCUT2D eigenvalue weighted by Gasteiger charge is -2.20. The van der Waals surface area contributed by atoms with E-state index in [-0.39, 0.29) is 26.9 Å². The molecule has 0 aromatic heterocycles. The van der Waals surface area contributed by atoms with Crippen molar-refractivity contribution in [1.82, 2.24) is 4.72 Å². The normalized spacial score (nSPS) is 11.6. The standard InChI is InChI=1S/C19H20ClN3O7S/c1-19(2,3)22-31(28,29)14-7-4-12(5-8-14)18(25)30-11-17(24)21-16-10-13(23(26)27)6-9-15(16)20/h4-10,22H,11H2,1-3H3,(H,21,24). The molecular formula is C19H20ClN3O7S. The minimum atomic E-state index is -3.76. The number of carbonyl (C=O) groups is 2. The van der Waals surface area contributed by atoms with Gasteiger partial charge in [-0.3, -0.25) is 14.9 Å². The first-order chi connectivity index (χ1) is 14.3. The van der Waals surface area contributed by atoms with Crippen LogP contribution in [-0.2, 0) is 19.6 Å². The first-order valence-corrected chi connectivity index (χ1v) is 10.7. The zero-order valence-corrected chi connectivity index (χ0v) is 18.4. The van der Waals surface area contributed by atoms with Crippen molar-refractivity contribution < 1.29 is 27.7 Å². The van der Waals surface area contributed by atoms with E-state index in [2.05, 4.69) is 10.0 Å². The monoisotopic (exact) mass is 469 g/mol. The lowest BCUT2D eigenvalue weighted by molar-refractivity contribution is -0.384. The molecule has 166 valence electrons. The summed E-state index contributed by atoms with van der Waals surface area (Å²) in [5, 5.41) is 13.2. The number of rotatable bonds is 7. The highest BCUT2D eigenvalue weighted by Crippen LogP contribution is 2.26. The average Bonchev–Trinajstić information content (AvgIpc) is 2.66. The van der Waals surface area contributed by atoms with E-state index in [1.807, 2.05) is 0 Å². The maximum atomic E-state index is 12.3. The largest absolute Gasteiger partial charge is 0.452 e. The molecule has 0 saturated heterocycles. The van der Waals surface area contributed by atoms with E-state index in [4.69, 9.17) is 16.3 Å². The van der Waals surface area contributed by atoms with Crippen LogP contribution in [0.4, 0.5) is 11.4 Å². The van der Waals surface area contributed by atoms with E-state index in [9.17, 15) is 28.1 Å². The van der Waals surface area contributed by atoms with Gasteiger partial charge < -0.3 is 10.1 Å². The van der Waals surface area contributed by atoms with E-state index >= 15 is 0 Å². The summed E-state index contributed by atoms with van der Waals surface area (Å²) in [7, 11) is -3.76. The van der Waals surface area contributed by atoms with Gasteiger partial charge in [0.2, 0.25) is 10.0 Å². The van der Waals surface area contributed by atoms with Crippen molar-refractivity contribution in [1.29, 1.82) is 0 Å². The molecule has 2 N–H and O–H groups in total. The van der Waals surface area contributed by atoms with Gasteiger partial charge in [-0.25, -0.2) is 17.9 Å². The number of sulfonamides is 1. The Hall–Kier alpha value is -3.02. The summed E-state index contributed by atoms with van der Waals surface area (Å²) in [5.41, 5.74) is -0.910. The summed E-state index contributed by atoms with van der Waals surface area (Å²) >= 11 is 5.90. The van der Waals surface area contributed by atoms with Crippen molar-refractivity contribution in [3.8, 4) is 0 Å². The van der Waals surface area contributed by atoms with E-state index in [0.29, 0.717) is 0 Å². The third-order valence-electron chi connectivity index (χ3n) is 3.61. The van der Waals surface area contributed by atoms with Crippen molar-refractivity contribution in [2.45, 2.75) is 31.2 Å². The van der Waals surface area contributed by atoms with E-state index < -0.39 is 39.0 Å². The van der Waals surface area contributed by atoms with Crippen molar-refractivity contribution in [2.24, 2.45) is 0 Å². The number of nitrogens with zero attached hydrogens (tertiary/aromatic N) is 1. The first kappa shape index (κ1) is 24.3. The molecule has 2 rings (SSSR count). The van der Waals surface area contributed by atoms with Crippen LogP contribution in [0.25, 0.3) is 0 Å². The molecule has 1 amide bonds. The van der Waals surface area contributed by atoms with Crippen LogP contribution in [0.3, 0.4) is 0 Å². The van der Waals surface area contributed by atoms with Crippen LogP contribution in [-0.4, -0.2) is 37.4 Å². The number of anilines is 1. The second-order valence-electron chi connectivity index (χ2n) is 7.43. The van der Waals surface area contributed by atoms with Gasteiger partial charge in [-0.1, -0.05) is 11.6 Å². The molecule has 0 aliphatic heterocycles. The lowest BCUT2D eigenvalue weighted by atomic mass is 10.1. The van der Waals surface area contributed by atoms with Crippen LogP contribution < -0.4 is 10.0 Å². The molecule has 0 aliphatic rings. The molecule has 0 heterocycles. The number of nitro benzene ring substituents is 1. The van der Waals surface area contributed by atoms with Gasteiger partial charge in [0, 0.05) is 17.7 Å². The lowest BCUT2D eigenvalue weighted by Crippen LogP contribution is -2.40. The summed E-state index contributed by atoms with van der Waals surface area (Å²) in [5.74, 6) is -1.61. The van der Waals surface area contributed by atoms with Crippen LogP contribution in [0, 0.1) is 10.1 Å². The number of benzene rings is 2. The zero-order valence-electron chi connectivity index (χ0n) is 16.8. The van der Waals surface area contributed by atoms with E-state index in [1.165, 1.54) is 36.4 Å². The third kappa shape index (κ3) is 7.02. The number of carbonyl (C=O) groups excluding carboxylic acids is 2. The summed E-state index contributed by atoms with van der Waals surface area (Å²) in [4.78, 5) is 34.3. The molecule has 2 aromatic rings. The molecule has 0 atom stereocenters. The van der Waals surface area contributed by atoms with Gasteiger partial charge in [-0.05, 0) is 51.1 Å². The third-order valence-corrected chi connectivity index (χ3v) is 5.71. The predicted molar refractivity (Wildman–Crippen MR) is 114 cm³/mol. The van der Waals surface area contributed by atoms with Crippen LogP contribution in [0.2, 0.25) is 5.02 Å². The minimum absolute atomic E-state index is 0.00202. The molecule has 12 heteroatoms. The van der Waals surface area contributed by atoms with Gasteiger partial charge in [-0.2, -0.15) is 0 Å². The highest BCUT2D eigenvalue weighted by molar-refractivity contribution is 7.89. The molecule has 0 spiro atoms. The molecule has 10 nitrogen and oxygen atoms in total. The topological polar surface area (TPSA) is 145 Å². The number of hydrogen-bond acceptors (Lipinski definition) is 7. The van der Waals surface area contributed by atoms with E-state index in [1.54, 1.807) is 20.8 Å². The minimum Gasteiger partial charge on any atom is -0.452 e. The van der Waals surface area contributed by atoms with Crippen molar-refractivity contribution in [3.63, 3.8) is 0 Å². The van der Waals surface area contributed by atoms with Gasteiger partial charge in [0.15, 0.2) is 6.61 Å². The van der Waals surface area contributed by atoms with Gasteiger partial charge in [-0.15, -0.1) is 0 Å². The number of ether oxygens (including phenoxy) is 1. The Balaban J connectivity index is 1.99. The van der Waals surface area contributed by atoms with Crippen molar-refractivity contribution in [3.05, 3.63) is 63.2 Å². The Morgan fingerprint density at radius 2 is 1.74 bits per heavy atom. The second-order valence-corrected chi connectivity index (χ2v) is 9.52. The number of hydrogen-bond donors (Lipinski definition) is 2. The number of esters is 1. The van der Waals surface area contributed by atoms with Gasteiger partial charge >= 0.3 is 5.97 Å². The van der Waals surface area contributed by atoms with Crippen molar-refractivity contribution in [2.75, 3.05) is 11.9 Å². The highest BCUT2D eigenvalue weighted by atomic mass is 35.5. The quantitative estimate of drug-likeness (QED) is 0.360. The van der Waals surface area contributed by atoms with Crippen LogP contribution in [0.5, 0.6) is 0 Å². The molecule has 0 bridgehead atoms. The molecular weight excluding hydrogens is 450 g/mol. The predicted octanol–water partition coefficient (Wildman–Crippen LogP) is 3.12.